The first kappa shape index (κ1) is 17.3. The van der Waals surface area contributed by atoms with Crippen molar-refractivity contribution in [3.8, 4) is 11.8 Å². The summed E-state index contributed by atoms with van der Waals surface area (Å²) in [6.45, 7) is 6.53. The Balaban J connectivity index is 1.44. The Morgan fingerprint density at radius 2 is 1.59 bits per heavy atom. The molecule has 0 aliphatic heterocycles. The number of aliphatic hydroxyl groups is 3. The van der Waals surface area contributed by atoms with Crippen LogP contribution in [0.1, 0.15) is 65.7 Å². The summed E-state index contributed by atoms with van der Waals surface area (Å²) >= 11 is 0. The van der Waals surface area contributed by atoms with Gasteiger partial charge in [0, 0.05) is 17.8 Å². The molecule has 6 aliphatic rings. The fourth-order valence-electron chi connectivity index (χ4n) is 9.59. The maximum absolute atomic E-state index is 11.8. The first-order valence-corrected chi connectivity index (χ1v) is 11.3. The second-order valence-corrected chi connectivity index (χ2v) is 11.6. The summed E-state index contributed by atoms with van der Waals surface area (Å²) in [6.07, 6.45) is 6.43. The van der Waals surface area contributed by atoms with Gasteiger partial charge in [-0.1, -0.05) is 19.8 Å². The van der Waals surface area contributed by atoms with Gasteiger partial charge in [0.2, 0.25) is 0 Å². The molecular weight excluding hydrogens is 336 g/mol. The molecule has 6 saturated carbocycles. The van der Waals surface area contributed by atoms with Crippen molar-refractivity contribution in [1.82, 2.24) is 0 Å². The van der Waals surface area contributed by atoms with Crippen LogP contribution >= 0.6 is 0 Å². The zero-order chi connectivity index (χ0) is 19.0. The number of hydrogen-bond acceptors (Lipinski definition) is 3. The van der Waals surface area contributed by atoms with E-state index in [1.165, 1.54) is 0 Å². The van der Waals surface area contributed by atoms with Crippen molar-refractivity contribution in [3.63, 3.8) is 0 Å². The Morgan fingerprint density at radius 1 is 0.889 bits per heavy atom. The van der Waals surface area contributed by atoms with Crippen molar-refractivity contribution < 1.29 is 15.3 Å². The van der Waals surface area contributed by atoms with Crippen molar-refractivity contribution in [2.45, 2.75) is 83.0 Å². The molecule has 3 unspecified atom stereocenters. The van der Waals surface area contributed by atoms with Crippen molar-refractivity contribution >= 4 is 0 Å². The smallest absolute Gasteiger partial charge is 0.134 e. The van der Waals surface area contributed by atoms with Gasteiger partial charge in [-0.15, -0.1) is 5.92 Å². The predicted octanol–water partition coefficient (Wildman–Crippen LogP) is 2.97. The lowest BCUT2D eigenvalue weighted by Gasteiger charge is -2.64. The Labute approximate surface area is 162 Å². The van der Waals surface area contributed by atoms with Crippen molar-refractivity contribution in [3.05, 3.63) is 0 Å². The second kappa shape index (κ2) is 4.77. The molecule has 0 aromatic rings. The molecule has 12 atom stereocenters. The predicted molar refractivity (Wildman–Crippen MR) is 102 cm³/mol. The summed E-state index contributed by atoms with van der Waals surface area (Å²) in [6, 6.07) is 0. The van der Waals surface area contributed by atoms with E-state index in [2.05, 4.69) is 25.7 Å². The lowest BCUT2D eigenvalue weighted by atomic mass is 9.42. The number of fused-ring (bicyclic) bond motifs is 10. The monoisotopic (exact) mass is 370 g/mol. The van der Waals surface area contributed by atoms with Crippen LogP contribution in [0.2, 0.25) is 0 Å². The van der Waals surface area contributed by atoms with E-state index in [-0.39, 0.29) is 16.9 Å². The average Bonchev–Trinajstić information content (AvgIpc) is 3.49. The van der Waals surface area contributed by atoms with E-state index < -0.39 is 11.2 Å². The molecule has 6 aliphatic carbocycles. The molecule has 3 nitrogen and oxygen atoms in total. The molecule has 6 rings (SSSR count). The first-order valence-electron chi connectivity index (χ1n) is 11.3. The molecule has 27 heavy (non-hydrogen) atoms. The van der Waals surface area contributed by atoms with Gasteiger partial charge in [0.25, 0.3) is 0 Å². The Hall–Kier alpha value is -0.560. The largest absolute Gasteiger partial charge is 0.393 e. The van der Waals surface area contributed by atoms with Crippen molar-refractivity contribution in [2.24, 2.45) is 52.3 Å². The van der Waals surface area contributed by atoms with Crippen LogP contribution in [0.25, 0.3) is 0 Å². The van der Waals surface area contributed by atoms with E-state index in [4.69, 9.17) is 0 Å². The van der Waals surface area contributed by atoms with Crippen LogP contribution in [0.15, 0.2) is 0 Å². The first-order chi connectivity index (χ1) is 12.7. The van der Waals surface area contributed by atoms with Gasteiger partial charge in [-0.3, -0.25) is 0 Å². The zero-order valence-corrected chi connectivity index (χ0v) is 16.9. The minimum atomic E-state index is -0.802. The molecule has 0 saturated heterocycles. The highest BCUT2D eigenvalue weighted by Gasteiger charge is 2.81. The maximum Gasteiger partial charge on any atom is 0.134 e. The lowest BCUT2D eigenvalue weighted by Crippen LogP contribution is -2.65. The standard InChI is InChI=1S/C24H34O3/c1-4-7-23(26)18-11-15(18)20-19-14-10-17(14)24(27)12-13(25)5-8-21(24,2)16(19)6-9-22(20,23)3/h13-20,25-27H,5-6,8-12H2,1-3H3/t13-,14-,15+,16?,17+,18-,19?,20?,21+,22-,23-,24+/m0/s1. The molecule has 0 radical (unpaired) electrons. The third-order valence-corrected chi connectivity index (χ3v) is 10.9. The van der Waals surface area contributed by atoms with E-state index in [1.807, 2.05) is 6.92 Å². The summed E-state index contributed by atoms with van der Waals surface area (Å²) < 4.78 is 0. The quantitative estimate of drug-likeness (QED) is 0.575. The Bertz CT molecular complexity index is 767. The number of aliphatic hydroxyl groups excluding tert-OH is 1. The topological polar surface area (TPSA) is 60.7 Å². The van der Waals surface area contributed by atoms with Crippen LogP contribution in [0, 0.1) is 64.1 Å². The fraction of sp³-hybridized carbons (Fsp3) is 0.917. The van der Waals surface area contributed by atoms with Gasteiger partial charge in [0.1, 0.15) is 5.60 Å². The zero-order valence-electron chi connectivity index (χ0n) is 16.9. The minimum Gasteiger partial charge on any atom is -0.393 e. The van der Waals surface area contributed by atoms with E-state index >= 15 is 0 Å². The van der Waals surface area contributed by atoms with Gasteiger partial charge < -0.3 is 15.3 Å². The molecule has 0 amide bonds. The third kappa shape index (κ3) is 1.71. The number of hydrogen-bond donors (Lipinski definition) is 3. The molecular formula is C24H34O3. The molecule has 0 aromatic carbocycles. The van der Waals surface area contributed by atoms with Gasteiger partial charge in [-0.25, -0.2) is 0 Å². The molecule has 6 fully saturated rings. The van der Waals surface area contributed by atoms with Crippen molar-refractivity contribution in [2.75, 3.05) is 0 Å². The maximum atomic E-state index is 11.8. The van der Waals surface area contributed by atoms with Crippen LogP contribution in [-0.4, -0.2) is 32.6 Å². The molecule has 3 N–H and O–H groups in total. The Kier molecular flexibility index (Phi) is 3.06. The highest BCUT2D eigenvalue weighted by molar-refractivity contribution is 5.36. The van der Waals surface area contributed by atoms with Crippen LogP contribution in [0.4, 0.5) is 0 Å². The lowest BCUT2D eigenvalue weighted by molar-refractivity contribution is -0.233. The van der Waals surface area contributed by atoms with E-state index in [9.17, 15) is 15.3 Å². The minimum absolute atomic E-state index is 0.0720. The van der Waals surface area contributed by atoms with E-state index in [1.54, 1.807) is 0 Å². The van der Waals surface area contributed by atoms with Gasteiger partial charge in [0.05, 0.1) is 11.7 Å². The summed E-state index contributed by atoms with van der Waals surface area (Å²) in [5.74, 6) is 10.0. The normalized spacial score (nSPS) is 67.6. The van der Waals surface area contributed by atoms with Crippen LogP contribution < -0.4 is 0 Å². The molecule has 3 heteroatoms. The van der Waals surface area contributed by atoms with Crippen molar-refractivity contribution in [1.29, 1.82) is 0 Å². The van der Waals surface area contributed by atoms with Gasteiger partial charge in [-0.05, 0) is 86.4 Å². The summed E-state index contributed by atoms with van der Waals surface area (Å²) in [5.41, 5.74) is -1.63. The highest BCUT2D eigenvalue weighted by Crippen LogP contribution is 2.81. The fourth-order valence-corrected chi connectivity index (χ4v) is 9.59. The molecule has 0 spiro atoms. The van der Waals surface area contributed by atoms with Gasteiger partial charge in [-0.2, -0.15) is 0 Å². The van der Waals surface area contributed by atoms with E-state index in [0.29, 0.717) is 47.8 Å². The molecule has 0 aromatic heterocycles. The van der Waals surface area contributed by atoms with Gasteiger partial charge >= 0.3 is 0 Å². The average molecular weight is 371 g/mol. The van der Waals surface area contributed by atoms with Gasteiger partial charge in [0.15, 0.2) is 0 Å². The van der Waals surface area contributed by atoms with E-state index in [0.717, 1.165) is 38.5 Å². The SMILES string of the molecule is CC#C[C@]1(O)[C@H]2C[C@H]2C2C3C(CC[C@@]21C)[C@@]1(C)CC[C@H](O)C[C@@]1(O)[C@@H]1C[C@H]31. The summed E-state index contributed by atoms with van der Waals surface area (Å²) in [5, 5.41) is 33.8. The van der Waals surface area contributed by atoms with Crippen LogP contribution in [0.3, 0.4) is 0 Å². The van der Waals surface area contributed by atoms with Crippen LogP contribution in [0.5, 0.6) is 0 Å². The third-order valence-electron chi connectivity index (χ3n) is 10.9. The molecule has 0 heterocycles. The molecule has 148 valence electrons. The second-order valence-electron chi connectivity index (χ2n) is 11.6. The number of rotatable bonds is 0. The summed E-state index contributed by atoms with van der Waals surface area (Å²) in [7, 11) is 0. The summed E-state index contributed by atoms with van der Waals surface area (Å²) in [4.78, 5) is 0. The highest BCUT2D eigenvalue weighted by atomic mass is 16.3. The Morgan fingerprint density at radius 3 is 2.33 bits per heavy atom. The van der Waals surface area contributed by atoms with Crippen LogP contribution in [-0.2, 0) is 0 Å². The molecule has 0 bridgehead atoms.